The molecule has 0 aliphatic rings. The topological polar surface area (TPSA) is 70.7 Å². The van der Waals surface area contributed by atoms with Gasteiger partial charge >= 0.3 is 0 Å². The summed E-state index contributed by atoms with van der Waals surface area (Å²) in [5.41, 5.74) is 9.14. The number of hydrogen-bond donors (Lipinski definition) is 2. The highest BCUT2D eigenvalue weighted by atomic mass is 19.1. The fourth-order valence-corrected chi connectivity index (χ4v) is 4.13. The van der Waals surface area contributed by atoms with Crippen molar-refractivity contribution in [2.45, 2.75) is 78.7 Å². The molecule has 0 saturated heterocycles. The zero-order valence-electron chi connectivity index (χ0n) is 22.3. The molecule has 0 aliphatic carbocycles. The lowest BCUT2D eigenvalue weighted by Crippen LogP contribution is -2.38. The van der Waals surface area contributed by atoms with E-state index in [0.717, 1.165) is 38.0 Å². The van der Waals surface area contributed by atoms with Gasteiger partial charge in [-0.25, -0.2) is 4.39 Å². The van der Waals surface area contributed by atoms with Gasteiger partial charge in [0, 0.05) is 11.1 Å². The summed E-state index contributed by atoms with van der Waals surface area (Å²) in [4.78, 5) is 19.7. The molecule has 2 rings (SSSR count). The van der Waals surface area contributed by atoms with Gasteiger partial charge in [0.05, 0.1) is 6.04 Å². The first-order valence-corrected chi connectivity index (χ1v) is 12.8. The van der Waals surface area contributed by atoms with Crippen LogP contribution in [-0.2, 0) is 18.3 Å². The number of rotatable bonds is 11. The molecule has 2 aromatic rings. The lowest BCUT2D eigenvalue weighted by molar-refractivity contribution is 0.0975. The van der Waals surface area contributed by atoms with Gasteiger partial charge < -0.3 is 10.6 Å². The predicted molar refractivity (Wildman–Crippen MR) is 145 cm³/mol. The van der Waals surface area contributed by atoms with Crippen molar-refractivity contribution >= 4 is 11.9 Å². The van der Waals surface area contributed by atoms with Gasteiger partial charge in [0.25, 0.3) is 5.91 Å². The average molecular weight is 483 g/mol. The minimum absolute atomic E-state index is 0.00564. The van der Waals surface area contributed by atoms with Crippen molar-refractivity contribution in [3.8, 4) is 0 Å². The van der Waals surface area contributed by atoms with Crippen molar-refractivity contribution in [1.82, 2.24) is 10.2 Å². The van der Waals surface area contributed by atoms with E-state index in [1.54, 1.807) is 12.1 Å². The molecule has 0 aliphatic heterocycles. The van der Waals surface area contributed by atoms with Crippen LogP contribution in [-0.4, -0.2) is 42.4 Å². The van der Waals surface area contributed by atoms with Crippen LogP contribution in [0.25, 0.3) is 0 Å². The fourth-order valence-electron chi connectivity index (χ4n) is 4.13. The molecule has 0 radical (unpaired) electrons. The Balaban J connectivity index is 2.01. The van der Waals surface area contributed by atoms with Crippen LogP contribution in [0.1, 0.15) is 81.4 Å². The molecule has 0 aromatic heterocycles. The zero-order chi connectivity index (χ0) is 26.0. The predicted octanol–water partition coefficient (Wildman–Crippen LogP) is 5.46. The maximum atomic E-state index is 14.7. The molecular formula is C29H43FN4O. The van der Waals surface area contributed by atoms with Crippen LogP contribution in [0.3, 0.4) is 0 Å². The number of guanidine groups is 1. The number of aryl methyl sites for hydroxylation is 1. The van der Waals surface area contributed by atoms with Gasteiger partial charge in [-0.2, -0.15) is 0 Å². The van der Waals surface area contributed by atoms with Crippen molar-refractivity contribution < 1.29 is 9.18 Å². The Hall–Kier alpha value is -2.73. The summed E-state index contributed by atoms with van der Waals surface area (Å²) in [7, 11) is 0. The standard InChI is InChI=1S/C29H43FN4O/c1-7-34(8-2)20-10-11-21(3)32-28(31)33-27(35)25-12-9-13-26(30)24(25)19-16-22-14-17-23(18-15-22)29(4,5)6/h9,12-15,17-18,21H,7-8,10-11,16,19-20H2,1-6H3,(H3,31,32,33,35). The highest BCUT2D eigenvalue weighted by Crippen LogP contribution is 2.23. The lowest BCUT2D eigenvalue weighted by atomic mass is 9.86. The van der Waals surface area contributed by atoms with Crippen LogP contribution in [0.15, 0.2) is 47.5 Å². The molecular weight excluding hydrogens is 439 g/mol. The fraction of sp³-hybridized carbons (Fsp3) is 0.517. The van der Waals surface area contributed by atoms with Gasteiger partial charge in [-0.15, -0.1) is 0 Å². The third-order valence-electron chi connectivity index (χ3n) is 6.44. The minimum atomic E-state index is -0.431. The largest absolute Gasteiger partial charge is 0.370 e. The van der Waals surface area contributed by atoms with Crippen molar-refractivity contribution in [2.24, 2.45) is 10.7 Å². The van der Waals surface area contributed by atoms with E-state index in [1.165, 1.54) is 11.6 Å². The van der Waals surface area contributed by atoms with E-state index in [4.69, 9.17) is 5.73 Å². The molecule has 1 amide bonds. The molecule has 192 valence electrons. The Labute approximate surface area is 211 Å². The molecule has 1 atom stereocenters. The van der Waals surface area contributed by atoms with Gasteiger partial charge in [-0.1, -0.05) is 65.0 Å². The number of nitrogens with two attached hydrogens (primary N) is 1. The quantitative estimate of drug-likeness (QED) is 0.330. The van der Waals surface area contributed by atoms with E-state index in [1.807, 2.05) is 6.92 Å². The van der Waals surface area contributed by atoms with Gasteiger partial charge in [0.1, 0.15) is 5.82 Å². The first-order chi connectivity index (χ1) is 16.5. The first-order valence-electron chi connectivity index (χ1n) is 12.8. The van der Waals surface area contributed by atoms with Crippen LogP contribution in [0.2, 0.25) is 0 Å². The summed E-state index contributed by atoms with van der Waals surface area (Å²) in [5, 5.41) is 2.65. The highest BCUT2D eigenvalue weighted by molar-refractivity contribution is 6.06. The Morgan fingerprint density at radius 3 is 2.34 bits per heavy atom. The zero-order valence-corrected chi connectivity index (χ0v) is 22.3. The number of halogens is 1. The second-order valence-electron chi connectivity index (χ2n) is 10.2. The van der Waals surface area contributed by atoms with Crippen molar-refractivity contribution in [1.29, 1.82) is 0 Å². The summed E-state index contributed by atoms with van der Waals surface area (Å²) in [6, 6.07) is 13.0. The summed E-state index contributed by atoms with van der Waals surface area (Å²) in [5.74, 6) is -0.748. The minimum Gasteiger partial charge on any atom is -0.370 e. The number of hydrogen-bond acceptors (Lipinski definition) is 3. The average Bonchev–Trinajstić information content (AvgIpc) is 2.80. The monoisotopic (exact) mass is 482 g/mol. The first kappa shape index (κ1) is 28.5. The van der Waals surface area contributed by atoms with E-state index >= 15 is 0 Å². The molecule has 6 heteroatoms. The number of aliphatic imine (C=N–C) groups is 1. The molecule has 0 heterocycles. The van der Waals surface area contributed by atoms with Crippen LogP contribution in [0.4, 0.5) is 4.39 Å². The van der Waals surface area contributed by atoms with E-state index in [0.29, 0.717) is 24.0 Å². The molecule has 0 fully saturated rings. The number of carbonyl (C=O) groups excluding carboxylic acids is 1. The van der Waals surface area contributed by atoms with Gasteiger partial charge in [0.2, 0.25) is 0 Å². The number of nitrogens with zero attached hydrogens (tertiary/aromatic N) is 2. The number of nitrogens with one attached hydrogen (secondary N) is 1. The maximum absolute atomic E-state index is 14.7. The van der Waals surface area contributed by atoms with Crippen LogP contribution >= 0.6 is 0 Å². The smallest absolute Gasteiger partial charge is 0.258 e. The number of carbonyl (C=O) groups is 1. The summed E-state index contributed by atoms with van der Waals surface area (Å²) >= 11 is 0. The number of amides is 1. The second kappa shape index (κ2) is 13.4. The summed E-state index contributed by atoms with van der Waals surface area (Å²) in [6.45, 7) is 15.9. The number of benzene rings is 2. The normalized spacial score (nSPS) is 13.2. The molecule has 1 unspecified atom stereocenters. The maximum Gasteiger partial charge on any atom is 0.258 e. The van der Waals surface area contributed by atoms with Crippen LogP contribution < -0.4 is 11.1 Å². The Bertz CT molecular complexity index is 975. The van der Waals surface area contributed by atoms with E-state index in [9.17, 15) is 9.18 Å². The van der Waals surface area contributed by atoms with Crippen molar-refractivity contribution in [2.75, 3.05) is 19.6 Å². The highest BCUT2D eigenvalue weighted by Gasteiger charge is 2.17. The molecule has 5 nitrogen and oxygen atoms in total. The molecule has 0 bridgehead atoms. The SMILES string of the molecule is CCN(CC)CCCC(C)N=C(N)NC(=O)c1cccc(F)c1CCc1ccc(C(C)(C)C)cc1. The summed E-state index contributed by atoms with van der Waals surface area (Å²) in [6.07, 6.45) is 2.95. The van der Waals surface area contributed by atoms with Crippen LogP contribution in [0, 0.1) is 5.82 Å². The van der Waals surface area contributed by atoms with Gasteiger partial charge in [-0.3, -0.25) is 15.1 Å². The molecule has 0 spiro atoms. The van der Waals surface area contributed by atoms with Crippen LogP contribution in [0.5, 0.6) is 0 Å². The van der Waals surface area contributed by atoms with Crippen molar-refractivity contribution in [3.05, 3.63) is 70.5 Å². The molecule has 2 aromatic carbocycles. The van der Waals surface area contributed by atoms with E-state index in [-0.39, 0.29) is 23.2 Å². The second-order valence-corrected chi connectivity index (χ2v) is 10.2. The summed E-state index contributed by atoms with van der Waals surface area (Å²) < 4.78 is 14.7. The van der Waals surface area contributed by atoms with Crippen molar-refractivity contribution in [3.63, 3.8) is 0 Å². The lowest BCUT2D eigenvalue weighted by Gasteiger charge is -2.19. The Morgan fingerprint density at radius 2 is 1.74 bits per heavy atom. The Kier molecular flexibility index (Phi) is 10.9. The van der Waals surface area contributed by atoms with Gasteiger partial charge in [0.15, 0.2) is 5.96 Å². The molecule has 0 saturated carbocycles. The van der Waals surface area contributed by atoms with Gasteiger partial charge in [-0.05, 0) is 80.9 Å². The van der Waals surface area contributed by atoms with E-state index in [2.05, 4.69) is 74.1 Å². The molecule has 3 N–H and O–H groups in total. The Morgan fingerprint density at radius 1 is 1.09 bits per heavy atom. The third-order valence-corrected chi connectivity index (χ3v) is 6.44. The molecule has 35 heavy (non-hydrogen) atoms. The third kappa shape index (κ3) is 9.10. The van der Waals surface area contributed by atoms with E-state index < -0.39 is 5.91 Å².